The molecule has 4 heteroatoms. The largest absolute Gasteiger partial charge is 0.490 e. The van der Waals surface area contributed by atoms with Crippen molar-refractivity contribution in [3.8, 4) is 5.75 Å². The molecule has 1 aromatic carbocycles. The Hall–Kier alpha value is -1.00. The monoisotopic (exact) mass is 333 g/mol. The summed E-state index contributed by atoms with van der Waals surface area (Å²) < 4.78 is 5.94. The Morgan fingerprint density at radius 3 is 2.83 bits per heavy atom. The van der Waals surface area contributed by atoms with Crippen molar-refractivity contribution in [3.05, 3.63) is 23.8 Å². The molecule has 3 rings (SSSR count). The molecule has 1 aliphatic heterocycles. The molecule has 0 amide bonds. The highest BCUT2D eigenvalue weighted by Gasteiger charge is 2.50. The van der Waals surface area contributed by atoms with Gasteiger partial charge in [-0.05, 0) is 64.2 Å². The van der Waals surface area contributed by atoms with E-state index in [1.54, 1.807) is 11.8 Å². The summed E-state index contributed by atoms with van der Waals surface area (Å²) in [5.74, 6) is 1.40. The van der Waals surface area contributed by atoms with Gasteiger partial charge in [0.15, 0.2) is 0 Å². The Morgan fingerprint density at radius 1 is 1.35 bits per heavy atom. The number of benzene rings is 1. The quantitative estimate of drug-likeness (QED) is 0.782. The van der Waals surface area contributed by atoms with E-state index in [1.807, 2.05) is 0 Å². The van der Waals surface area contributed by atoms with Crippen LogP contribution in [0, 0.1) is 0 Å². The number of carbonyl (C=O) groups excluding carboxylic acids is 1. The molecule has 2 aliphatic rings. The van der Waals surface area contributed by atoms with E-state index in [4.69, 9.17) is 4.74 Å². The van der Waals surface area contributed by atoms with E-state index in [0.717, 1.165) is 31.6 Å². The second-order valence-corrected chi connectivity index (χ2v) is 8.03. The van der Waals surface area contributed by atoms with Crippen molar-refractivity contribution < 1.29 is 9.53 Å². The summed E-state index contributed by atoms with van der Waals surface area (Å²) in [5.41, 5.74) is 1.53. The lowest BCUT2D eigenvalue weighted by molar-refractivity contribution is -0.122. The van der Waals surface area contributed by atoms with E-state index in [1.165, 1.54) is 10.5 Å². The molecule has 0 aromatic heterocycles. The smallest absolute Gasteiger partial charge is 0.134 e. The molecule has 1 saturated heterocycles. The van der Waals surface area contributed by atoms with Gasteiger partial charge in [0, 0.05) is 29.2 Å². The van der Waals surface area contributed by atoms with Gasteiger partial charge in [-0.25, -0.2) is 0 Å². The molecule has 0 spiro atoms. The molecular weight excluding hydrogens is 306 g/mol. The van der Waals surface area contributed by atoms with Gasteiger partial charge in [-0.1, -0.05) is 6.07 Å². The normalized spacial score (nSPS) is 28.2. The third-order valence-electron chi connectivity index (χ3n) is 5.45. The zero-order valence-corrected chi connectivity index (χ0v) is 15.4. The summed E-state index contributed by atoms with van der Waals surface area (Å²) >= 11 is 1.74. The van der Waals surface area contributed by atoms with Crippen LogP contribution in [0.2, 0.25) is 0 Å². The topological polar surface area (TPSA) is 29.5 Å². The molecule has 3 nitrogen and oxygen atoms in total. The fourth-order valence-electron chi connectivity index (χ4n) is 4.25. The fourth-order valence-corrected chi connectivity index (χ4v) is 4.81. The Balaban J connectivity index is 1.98. The van der Waals surface area contributed by atoms with Crippen LogP contribution in [0.25, 0.3) is 0 Å². The minimum atomic E-state index is 0.142. The Morgan fingerprint density at radius 2 is 2.13 bits per heavy atom. The number of rotatable bonds is 4. The summed E-state index contributed by atoms with van der Waals surface area (Å²) in [7, 11) is 2.16. The van der Waals surface area contributed by atoms with Gasteiger partial charge < -0.3 is 9.64 Å². The fraction of sp³-hybridized carbons (Fsp3) is 0.632. The zero-order valence-electron chi connectivity index (χ0n) is 14.6. The minimum absolute atomic E-state index is 0.142. The van der Waals surface area contributed by atoms with Crippen LogP contribution in [0.5, 0.6) is 5.75 Å². The SMILES string of the molecule is CSc1cc([C@@]23CCC(=O)C[C@@H]2N(C)CC3)ccc1OC(C)C. The van der Waals surface area contributed by atoms with Gasteiger partial charge in [-0.2, -0.15) is 0 Å². The third kappa shape index (κ3) is 3.03. The molecule has 0 unspecified atom stereocenters. The van der Waals surface area contributed by atoms with Crippen molar-refractivity contribution in [2.45, 2.75) is 62.0 Å². The second kappa shape index (κ2) is 6.48. The summed E-state index contributed by atoms with van der Waals surface area (Å²) in [4.78, 5) is 15.6. The summed E-state index contributed by atoms with van der Waals surface area (Å²) in [6.07, 6.45) is 5.85. The number of ketones is 1. The molecule has 0 radical (unpaired) electrons. The van der Waals surface area contributed by atoms with E-state index in [9.17, 15) is 4.79 Å². The third-order valence-corrected chi connectivity index (χ3v) is 6.21. The average molecular weight is 333 g/mol. The lowest BCUT2D eigenvalue weighted by atomic mass is 9.66. The van der Waals surface area contributed by atoms with Crippen LogP contribution < -0.4 is 4.74 Å². The number of hydrogen-bond donors (Lipinski definition) is 0. The lowest BCUT2D eigenvalue weighted by Crippen LogP contribution is -2.46. The standard InChI is InChI=1S/C19H27NO2S/c1-13(2)22-16-6-5-14(11-17(16)23-4)19-8-7-15(21)12-18(19)20(3)10-9-19/h5-6,11,13,18H,7-10,12H2,1-4H3/t18-,19-/m0/s1. The second-order valence-electron chi connectivity index (χ2n) is 7.18. The van der Waals surface area contributed by atoms with E-state index in [2.05, 4.69) is 50.2 Å². The minimum Gasteiger partial charge on any atom is -0.490 e. The molecule has 126 valence electrons. The molecule has 1 aliphatic carbocycles. The van der Waals surface area contributed by atoms with E-state index < -0.39 is 0 Å². The Labute approximate surface area is 143 Å². The lowest BCUT2D eigenvalue weighted by Gasteiger charge is -2.41. The highest BCUT2D eigenvalue weighted by Crippen LogP contribution is 2.48. The first-order valence-electron chi connectivity index (χ1n) is 8.53. The van der Waals surface area contributed by atoms with Crippen LogP contribution in [-0.4, -0.2) is 42.7 Å². The molecule has 0 N–H and O–H groups in total. The summed E-state index contributed by atoms with van der Waals surface area (Å²) in [6.45, 7) is 5.20. The van der Waals surface area contributed by atoms with E-state index in [0.29, 0.717) is 18.2 Å². The van der Waals surface area contributed by atoms with Crippen LogP contribution in [-0.2, 0) is 10.2 Å². The maximum atomic E-state index is 12.0. The van der Waals surface area contributed by atoms with Crippen LogP contribution in [0.4, 0.5) is 0 Å². The maximum absolute atomic E-state index is 12.0. The number of likely N-dealkylation sites (tertiary alicyclic amines) is 1. The van der Waals surface area contributed by atoms with Crippen LogP contribution >= 0.6 is 11.8 Å². The molecule has 23 heavy (non-hydrogen) atoms. The van der Waals surface area contributed by atoms with Gasteiger partial charge in [0.1, 0.15) is 11.5 Å². The van der Waals surface area contributed by atoms with Crippen molar-refractivity contribution >= 4 is 17.5 Å². The highest BCUT2D eigenvalue weighted by atomic mass is 32.2. The van der Waals surface area contributed by atoms with Crippen LogP contribution in [0.1, 0.15) is 45.1 Å². The number of fused-ring (bicyclic) bond motifs is 1. The van der Waals surface area contributed by atoms with Crippen molar-refractivity contribution in [1.29, 1.82) is 0 Å². The van der Waals surface area contributed by atoms with Gasteiger partial charge >= 0.3 is 0 Å². The van der Waals surface area contributed by atoms with Crippen molar-refractivity contribution in [3.63, 3.8) is 0 Å². The molecular formula is C19H27NO2S. The molecule has 1 heterocycles. The number of likely N-dealkylation sites (N-methyl/N-ethyl adjacent to an activating group) is 1. The highest BCUT2D eigenvalue weighted by molar-refractivity contribution is 7.98. The molecule has 1 aromatic rings. The van der Waals surface area contributed by atoms with Gasteiger partial charge in [0.05, 0.1) is 6.10 Å². The zero-order chi connectivity index (χ0) is 16.6. The first kappa shape index (κ1) is 16.8. The van der Waals surface area contributed by atoms with Crippen LogP contribution in [0.15, 0.2) is 23.1 Å². The van der Waals surface area contributed by atoms with E-state index >= 15 is 0 Å². The van der Waals surface area contributed by atoms with Gasteiger partial charge in [0.2, 0.25) is 0 Å². The maximum Gasteiger partial charge on any atom is 0.134 e. The van der Waals surface area contributed by atoms with Crippen molar-refractivity contribution in [1.82, 2.24) is 4.90 Å². The Bertz CT molecular complexity index is 601. The van der Waals surface area contributed by atoms with Crippen molar-refractivity contribution in [2.75, 3.05) is 19.8 Å². The average Bonchev–Trinajstić information content (AvgIpc) is 2.85. The Kier molecular flexibility index (Phi) is 4.75. The predicted octanol–water partition coefficient (Wildman–Crippen LogP) is 3.89. The number of carbonyl (C=O) groups is 1. The number of thioether (sulfide) groups is 1. The molecule has 1 saturated carbocycles. The van der Waals surface area contributed by atoms with E-state index in [-0.39, 0.29) is 11.5 Å². The summed E-state index contributed by atoms with van der Waals surface area (Å²) in [6, 6.07) is 7.03. The first-order chi connectivity index (χ1) is 11.0. The number of ether oxygens (including phenoxy) is 1. The predicted molar refractivity (Wildman–Crippen MR) is 95.6 cm³/mol. The number of hydrogen-bond acceptors (Lipinski definition) is 4. The first-order valence-corrected chi connectivity index (χ1v) is 9.76. The van der Waals surface area contributed by atoms with Crippen molar-refractivity contribution in [2.24, 2.45) is 0 Å². The number of nitrogens with zero attached hydrogens (tertiary/aromatic N) is 1. The van der Waals surface area contributed by atoms with Crippen LogP contribution in [0.3, 0.4) is 0 Å². The summed E-state index contributed by atoms with van der Waals surface area (Å²) in [5, 5.41) is 0. The molecule has 2 atom stereocenters. The molecule has 0 bridgehead atoms. The number of Topliss-reactive ketones (excluding diaryl/α,β-unsaturated/α-hetero) is 1. The van der Waals surface area contributed by atoms with Gasteiger partial charge in [0.25, 0.3) is 0 Å². The molecule has 2 fully saturated rings. The van der Waals surface area contributed by atoms with Gasteiger partial charge in [-0.15, -0.1) is 11.8 Å². The van der Waals surface area contributed by atoms with Gasteiger partial charge in [-0.3, -0.25) is 4.79 Å².